The van der Waals surface area contributed by atoms with Crippen LogP contribution in [0.4, 0.5) is 16.2 Å². The number of urea groups is 1. The van der Waals surface area contributed by atoms with Gasteiger partial charge in [0.1, 0.15) is 6.33 Å². The standard InChI is InChI=1S/C23H19Cl2N5O2S2/c24-17-9-15(28-23(32)29-34-21-8-7-20(25)33-21)4-6-19(17)30-12-27-18-10-14(26-11-13-1-2-13)3-5-16(18)22(30)31/h3-10,12-13,26H,1-2,11H2,(H2,28,29,32). The molecule has 0 aliphatic heterocycles. The van der Waals surface area contributed by atoms with Crippen LogP contribution in [0.1, 0.15) is 12.8 Å². The Labute approximate surface area is 213 Å². The van der Waals surface area contributed by atoms with Crippen LogP contribution >= 0.6 is 46.5 Å². The maximum Gasteiger partial charge on any atom is 0.329 e. The van der Waals surface area contributed by atoms with Crippen LogP contribution in [0.3, 0.4) is 0 Å². The fraction of sp³-hybridized carbons (Fsp3) is 0.174. The number of carbonyl (C=O) groups is 1. The van der Waals surface area contributed by atoms with Crippen molar-refractivity contribution in [2.24, 2.45) is 5.92 Å². The van der Waals surface area contributed by atoms with Gasteiger partial charge in [0.2, 0.25) is 0 Å². The van der Waals surface area contributed by atoms with Gasteiger partial charge in [-0.1, -0.05) is 23.2 Å². The normalized spacial score (nSPS) is 13.1. The first-order valence-corrected chi connectivity index (χ1v) is 12.9. The van der Waals surface area contributed by atoms with Gasteiger partial charge < -0.3 is 10.6 Å². The van der Waals surface area contributed by atoms with Crippen molar-refractivity contribution in [2.75, 3.05) is 17.2 Å². The molecule has 0 radical (unpaired) electrons. The number of halogens is 2. The van der Waals surface area contributed by atoms with E-state index in [1.165, 1.54) is 47.0 Å². The van der Waals surface area contributed by atoms with Gasteiger partial charge in [-0.05, 0) is 79.2 Å². The highest BCUT2D eigenvalue weighted by molar-refractivity contribution is 7.99. The minimum absolute atomic E-state index is 0.217. The van der Waals surface area contributed by atoms with E-state index in [2.05, 4.69) is 20.3 Å². The fourth-order valence-electron chi connectivity index (χ4n) is 3.37. The minimum Gasteiger partial charge on any atom is -0.385 e. The first-order chi connectivity index (χ1) is 16.5. The molecule has 7 nitrogen and oxygen atoms in total. The van der Waals surface area contributed by atoms with Gasteiger partial charge in [-0.3, -0.25) is 14.1 Å². The van der Waals surface area contributed by atoms with Crippen LogP contribution in [0.5, 0.6) is 0 Å². The second-order valence-corrected chi connectivity index (χ2v) is 11.1. The molecule has 0 unspecified atom stereocenters. The number of rotatable bonds is 7. The summed E-state index contributed by atoms with van der Waals surface area (Å²) < 4.78 is 5.60. The number of nitrogens with zero attached hydrogens (tertiary/aromatic N) is 2. The molecule has 1 aliphatic carbocycles. The Morgan fingerprint density at radius 1 is 1.12 bits per heavy atom. The van der Waals surface area contributed by atoms with Crippen molar-refractivity contribution >= 4 is 74.8 Å². The van der Waals surface area contributed by atoms with Gasteiger partial charge in [-0.25, -0.2) is 9.78 Å². The average Bonchev–Trinajstić information content (AvgIpc) is 3.56. The number of benzene rings is 2. The highest BCUT2D eigenvalue weighted by Gasteiger charge is 2.20. The maximum absolute atomic E-state index is 13.1. The van der Waals surface area contributed by atoms with Crippen LogP contribution in [0, 0.1) is 5.92 Å². The van der Waals surface area contributed by atoms with E-state index in [1.807, 2.05) is 18.2 Å². The lowest BCUT2D eigenvalue weighted by Gasteiger charge is -2.12. The second kappa shape index (κ2) is 9.87. The zero-order chi connectivity index (χ0) is 23.7. The van der Waals surface area contributed by atoms with Crippen LogP contribution < -0.4 is 20.9 Å². The quantitative estimate of drug-likeness (QED) is 0.240. The molecule has 1 aliphatic rings. The Kier molecular flexibility index (Phi) is 6.69. The van der Waals surface area contributed by atoms with Gasteiger partial charge in [0.15, 0.2) is 0 Å². The number of anilines is 2. The van der Waals surface area contributed by atoms with Crippen molar-refractivity contribution in [2.45, 2.75) is 17.1 Å². The molecular weight excluding hydrogens is 513 g/mol. The summed E-state index contributed by atoms with van der Waals surface area (Å²) in [6.45, 7) is 0.942. The number of aromatic nitrogens is 2. The van der Waals surface area contributed by atoms with Crippen molar-refractivity contribution in [1.29, 1.82) is 0 Å². The molecule has 2 aromatic carbocycles. The third-order valence-corrected chi connectivity index (χ3v) is 7.76. The molecule has 1 fully saturated rings. The van der Waals surface area contributed by atoms with Gasteiger partial charge >= 0.3 is 6.03 Å². The summed E-state index contributed by atoms with van der Waals surface area (Å²) in [6.07, 6.45) is 4.01. The largest absolute Gasteiger partial charge is 0.385 e. The van der Waals surface area contributed by atoms with Crippen LogP contribution in [-0.2, 0) is 0 Å². The predicted molar refractivity (Wildman–Crippen MR) is 141 cm³/mol. The molecule has 4 aromatic rings. The number of hydrogen-bond acceptors (Lipinski definition) is 6. The van der Waals surface area contributed by atoms with E-state index in [9.17, 15) is 9.59 Å². The van der Waals surface area contributed by atoms with Crippen LogP contribution in [0.15, 0.2) is 63.9 Å². The van der Waals surface area contributed by atoms with Gasteiger partial charge in [0, 0.05) is 17.9 Å². The Balaban J connectivity index is 1.30. The number of hydrogen-bond donors (Lipinski definition) is 3. The SMILES string of the molecule is O=C(NSc1ccc(Cl)s1)Nc1ccc(-n2cnc3cc(NCC4CC4)ccc3c2=O)c(Cl)c1. The lowest BCUT2D eigenvalue weighted by molar-refractivity contribution is 0.257. The molecule has 2 amide bonds. The molecule has 174 valence electrons. The number of thiophene rings is 1. The van der Waals surface area contributed by atoms with Crippen molar-refractivity contribution in [3.05, 3.63) is 74.6 Å². The summed E-state index contributed by atoms with van der Waals surface area (Å²) in [5, 5.41) is 6.93. The van der Waals surface area contributed by atoms with E-state index in [-0.39, 0.29) is 5.56 Å². The molecule has 2 heterocycles. The molecule has 0 saturated heterocycles. The van der Waals surface area contributed by atoms with Crippen molar-refractivity contribution in [3.8, 4) is 5.69 Å². The molecule has 11 heteroatoms. The first-order valence-electron chi connectivity index (χ1n) is 10.5. The van der Waals surface area contributed by atoms with E-state index < -0.39 is 6.03 Å². The monoisotopic (exact) mass is 531 g/mol. The van der Waals surface area contributed by atoms with Crippen LogP contribution in [-0.4, -0.2) is 22.1 Å². The smallest absolute Gasteiger partial charge is 0.329 e. The second-order valence-electron chi connectivity index (χ2n) is 7.86. The Hall–Kier alpha value is -2.72. The number of carbonyl (C=O) groups excluding carboxylic acids is 1. The Morgan fingerprint density at radius 2 is 1.94 bits per heavy atom. The van der Waals surface area contributed by atoms with Gasteiger partial charge in [0.25, 0.3) is 5.56 Å². The highest BCUT2D eigenvalue weighted by Crippen LogP contribution is 2.30. The summed E-state index contributed by atoms with van der Waals surface area (Å²) in [5.41, 5.74) is 2.33. The number of fused-ring (bicyclic) bond motifs is 1. The molecule has 2 aromatic heterocycles. The van der Waals surface area contributed by atoms with Gasteiger partial charge in [-0.2, -0.15) is 0 Å². The molecule has 3 N–H and O–H groups in total. The number of nitrogens with one attached hydrogen (secondary N) is 3. The minimum atomic E-state index is -0.408. The zero-order valence-corrected chi connectivity index (χ0v) is 20.8. The van der Waals surface area contributed by atoms with E-state index >= 15 is 0 Å². The molecule has 0 spiro atoms. The lowest BCUT2D eigenvalue weighted by Crippen LogP contribution is -2.23. The third-order valence-electron chi connectivity index (χ3n) is 5.31. The summed E-state index contributed by atoms with van der Waals surface area (Å²) in [5.74, 6) is 0.751. The summed E-state index contributed by atoms with van der Waals surface area (Å²) >= 11 is 14.9. The summed E-state index contributed by atoms with van der Waals surface area (Å²) in [4.78, 5) is 29.8. The lowest BCUT2D eigenvalue weighted by atomic mass is 10.2. The van der Waals surface area contributed by atoms with Crippen molar-refractivity contribution in [1.82, 2.24) is 14.3 Å². The van der Waals surface area contributed by atoms with E-state index in [0.29, 0.717) is 31.6 Å². The van der Waals surface area contributed by atoms with Gasteiger partial charge in [0.05, 0.1) is 30.2 Å². The van der Waals surface area contributed by atoms with Crippen LogP contribution in [0.25, 0.3) is 16.6 Å². The topological polar surface area (TPSA) is 88.1 Å². The molecule has 0 bridgehead atoms. The Bertz CT molecular complexity index is 1430. The molecule has 0 atom stereocenters. The average molecular weight is 532 g/mol. The van der Waals surface area contributed by atoms with Crippen molar-refractivity contribution < 1.29 is 4.79 Å². The van der Waals surface area contributed by atoms with Crippen LogP contribution in [0.2, 0.25) is 9.36 Å². The predicted octanol–water partition coefficient (Wildman–Crippen LogP) is 6.40. The Morgan fingerprint density at radius 3 is 2.68 bits per heavy atom. The highest BCUT2D eigenvalue weighted by atomic mass is 35.5. The van der Waals surface area contributed by atoms with E-state index in [1.54, 1.807) is 30.3 Å². The maximum atomic E-state index is 13.1. The zero-order valence-electron chi connectivity index (χ0n) is 17.7. The number of amides is 2. The summed E-state index contributed by atoms with van der Waals surface area (Å²) in [6, 6.07) is 13.7. The van der Waals surface area contributed by atoms with E-state index in [4.69, 9.17) is 23.2 Å². The fourth-order valence-corrected chi connectivity index (χ4v) is 5.50. The molecule has 34 heavy (non-hydrogen) atoms. The van der Waals surface area contributed by atoms with Gasteiger partial charge in [-0.15, -0.1) is 11.3 Å². The third kappa shape index (κ3) is 5.33. The first kappa shape index (κ1) is 23.0. The summed E-state index contributed by atoms with van der Waals surface area (Å²) in [7, 11) is 0. The van der Waals surface area contributed by atoms with E-state index in [0.717, 1.165) is 22.4 Å². The molecular formula is C23H19Cl2N5O2S2. The molecule has 1 saturated carbocycles. The molecule has 5 rings (SSSR count). The van der Waals surface area contributed by atoms with Crippen molar-refractivity contribution in [3.63, 3.8) is 0 Å².